The molecule has 6 atom stereocenters. The number of epoxide rings is 2. The fraction of sp³-hybridized carbons (Fsp3) is 0.846. The summed E-state index contributed by atoms with van der Waals surface area (Å²) in [4.78, 5) is 24.5. The van der Waals surface area contributed by atoms with Crippen molar-refractivity contribution < 1.29 is 28.5 Å². The molecule has 0 aromatic rings. The third-order valence-corrected chi connectivity index (χ3v) is 7.57. The Morgan fingerprint density at radius 2 is 1.89 bits per heavy atom. The minimum Gasteiger partial charge on any atom is -0.443 e. The standard InChI is InChI=1S/C26H45N3O6/c1-18(2)9-10-20-25(3,35-20)23-22(32-4)19(11-13-26(23)17-33-26)34-24(31)29-16-12-21(30)28-15-8-6-5-7-14-27/h9,19-20,22-23H,5-8,10-17,27H2,1-4H3,(H,28,30)(H,29,31)/t19?,20-,22?,23?,25+,26+/m1/s1. The van der Waals surface area contributed by atoms with Gasteiger partial charge in [0.05, 0.1) is 18.6 Å². The Morgan fingerprint density at radius 3 is 2.54 bits per heavy atom. The highest BCUT2D eigenvalue weighted by Crippen LogP contribution is 2.59. The molecule has 2 heterocycles. The lowest BCUT2D eigenvalue weighted by Crippen LogP contribution is -2.56. The zero-order chi connectivity index (χ0) is 25.5. The molecule has 2 aliphatic heterocycles. The lowest BCUT2D eigenvalue weighted by molar-refractivity contribution is -0.121. The van der Waals surface area contributed by atoms with E-state index in [1.165, 1.54) is 5.57 Å². The van der Waals surface area contributed by atoms with E-state index in [1.54, 1.807) is 7.11 Å². The van der Waals surface area contributed by atoms with Gasteiger partial charge in [-0.15, -0.1) is 0 Å². The van der Waals surface area contributed by atoms with Crippen LogP contribution in [0.5, 0.6) is 0 Å². The highest BCUT2D eigenvalue weighted by molar-refractivity contribution is 5.76. The first-order chi connectivity index (χ1) is 16.8. The van der Waals surface area contributed by atoms with Gasteiger partial charge < -0.3 is 35.3 Å². The predicted octanol–water partition coefficient (Wildman–Crippen LogP) is 2.81. The second-order valence-corrected chi connectivity index (χ2v) is 10.6. The maximum absolute atomic E-state index is 12.5. The number of carbonyl (C=O) groups excluding carboxylic acids is 2. The minimum atomic E-state index is -0.527. The Bertz CT molecular complexity index is 751. The van der Waals surface area contributed by atoms with Gasteiger partial charge in [0, 0.05) is 26.6 Å². The summed E-state index contributed by atoms with van der Waals surface area (Å²) in [6, 6.07) is 0. The summed E-state index contributed by atoms with van der Waals surface area (Å²) in [5.74, 6) is -0.0941. The van der Waals surface area contributed by atoms with Crippen molar-refractivity contribution in [3.05, 3.63) is 11.6 Å². The number of allylic oxidation sites excluding steroid dienone is 1. The van der Waals surface area contributed by atoms with E-state index in [0.29, 0.717) is 26.1 Å². The maximum atomic E-state index is 12.5. The number of amides is 2. The Labute approximate surface area is 209 Å². The molecular formula is C26H45N3O6. The molecule has 0 radical (unpaired) electrons. The number of ether oxygens (including phenoxy) is 4. The number of hydrogen-bond donors (Lipinski definition) is 3. The first kappa shape index (κ1) is 27.9. The summed E-state index contributed by atoms with van der Waals surface area (Å²) >= 11 is 0. The van der Waals surface area contributed by atoms with E-state index in [0.717, 1.165) is 38.5 Å². The SMILES string of the molecule is COC1C(OC(=O)NCCC(=O)NCCCCCCN)CC[C@]2(CO2)C1[C@@]1(C)O[C@@H]1CC=C(C)C. The average Bonchev–Trinajstić information content (AvgIpc) is 3.73. The van der Waals surface area contributed by atoms with Crippen LogP contribution in [0.2, 0.25) is 0 Å². The lowest BCUT2D eigenvalue weighted by Gasteiger charge is -2.42. The largest absolute Gasteiger partial charge is 0.443 e. The molecule has 35 heavy (non-hydrogen) atoms. The summed E-state index contributed by atoms with van der Waals surface area (Å²) in [5.41, 5.74) is 6.12. The van der Waals surface area contributed by atoms with Crippen LogP contribution in [0.4, 0.5) is 4.79 Å². The Hall–Kier alpha value is -1.68. The average molecular weight is 496 g/mol. The molecule has 0 aromatic heterocycles. The lowest BCUT2D eigenvalue weighted by atomic mass is 9.68. The van der Waals surface area contributed by atoms with Crippen LogP contribution in [-0.4, -0.2) is 74.9 Å². The van der Waals surface area contributed by atoms with Crippen LogP contribution in [0.25, 0.3) is 0 Å². The van der Waals surface area contributed by atoms with E-state index in [1.807, 2.05) is 0 Å². The summed E-state index contributed by atoms with van der Waals surface area (Å²) < 4.78 is 23.8. The highest BCUT2D eigenvalue weighted by Gasteiger charge is 2.72. The first-order valence-electron chi connectivity index (χ1n) is 13.1. The Balaban J connectivity index is 1.44. The van der Waals surface area contributed by atoms with Gasteiger partial charge >= 0.3 is 6.09 Å². The normalized spacial score (nSPS) is 33.2. The molecule has 200 valence electrons. The van der Waals surface area contributed by atoms with Crippen molar-refractivity contribution >= 4 is 12.0 Å². The third-order valence-electron chi connectivity index (χ3n) is 7.57. The fourth-order valence-corrected chi connectivity index (χ4v) is 5.47. The molecule has 0 aromatic carbocycles. The molecule has 3 fully saturated rings. The van der Waals surface area contributed by atoms with E-state index in [-0.39, 0.29) is 48.2 Å². The molecule has 2 saturated heterocycles. The van der Waals surface area contributed by atoms with Crippen molar-refractivity contribution in [2.45, 2.75) is 102 Å². The van der Waals surface area contributed by atoms with Gasteiger partial charge in [0.25, 0.3) is 0 Å². The van der Waals surface area contributed by atoms with Crippen LogP contribution in [0, 0.1) is 5.92 Å². The van der Waals surface area contributed by atoms with Gasteiger partial charge in [0.15, 0.2) is 0 Å². The van der Waals surface area contributed by atoms with Gasteiger partial charge in [-0.2, -0.15) is 0 Å². The van der Waals surface area contributed by atoms with Gasteiger partial charge in [0.2, 0.25) is 5.91 Å². The Morgan fingerprint density at radius 1 is 1.14 bits per heavy atom. The van der Waals surface area contributed by atoms with Crippen LogP contribution in [-0.2, 0) is 23.7 Å². The zero-order valence-corrected chi connectivity index (χ0v) is 21.9. The smallest absolute Gasteiger partial charge is 0.407 e. The van der Waals surface area contributed by atoms with Crippen molar-refractivity contribution in [2.24, 2.45) is 11.7 Å². The number of nitrogens with two attached hydrogens (primary N) is 1. The quantitative estimate of drug-likeness (QED) is 0.192. The zero-order valence-electron chi connectivity index (χ0n) is 21.9. The monoisotopic (exact) mass is 495 g/mol. The highest BCUT2D eigenvalue weighted by atomic mass is 16.6. The predicted molar refractivity (Wildman–Crippen MR) is 133 cm³/mol. The molecule has 1 spiro atoms. The summed E-state index contributed by atoms with van der Waals surface area (Å²) in [6.45, 7) is 8.56. The summed E-state index contributed by atoms with van der Waals surface area (Å²) in [6.07, 6.45) is 7.68. The van der Waals surface area contributed by atoms with Crippen molar-refractivity contribution in [1.29, 1.82) is 0 Å². The molecule has 3 unspecified atom stereocenters. The second kappa shape index (κ2) is 12.5. The molecule has 3 aliphatic rings. The van der Waals surface area contributed by atoms with E-state index < -0.39 is 12.2 Å². The van der Waals surface area contributed by atoms with Crippen LogP contribution in [0.15, 0.2) is 11.6 Å². The number of carbonyl (C=O) groups is 2. The van der Waals surface area contributed by atoms with Crippen LogP contribution >= 0.6 is 0 Å². The molecule has 1 aliphatic carbocycles. The number of hydrogen-bond acceptors (Lipinski definition) is 7. The van der Waals surface area contributed by atoms with Gasteiger partial charge in [-0.1, -0.05) is 24.5 Å². The number of rotatable bonds is 14. The molecule has 1 saturated carbocycles. The third kappa shape index (κ3) is 7.41. The first-order valence-corrected chi connectivity index (χ1v) is 13.1. The van der Waals surface area contributed by atoms with Crippen molar-refractivity contribution in [3.63, 3.8) is 0 Å². The molecule has 0 bridgehead atoms. The summed E-state index contributed by atoms with van der Waals surface area (Å²) in [5, 5.41) is 5.59. The molecule has 2 amide bonds. The Kier molecular flexibility index (Phi) is 9.98. The van der Waals surface area contributed by atoms with E-state index >= 15 is 0 Å². The summed E-state index contributed by atoms with van der Waals surface area (Å²) in [7, 11) is 1.66. The number of unbranched alkanes of at least 4 members (excludes halogenated alkanes) is 3. The number of nitrogens with one attached hydrogen (secondary N) is 2. The number of alkyl carbamates (subject to hydrolysis) is 1. The van der Waals surface area contributed by atoms with Crippen molar-refractivity contribution in [3.8, 4) is 0 Å². The van der Waals surface area contributed by atoms with E-state index in [9.17, 15) is 9.59 Å². The minimum absolute atomic E-state index is 0.0160. The topological polar surface area (TPSA) is 128 Å². The van der Waals surface area contributed by atoms with Crippen LogP contribution in [0.3, 0.4) is 0 Å². The van der Waals surface area contributed by atoms with Gasteiger partial charge in [-0.3, -0.25) is 4.79 Å². The number of methoxy groups -OCH3 is 1. The second-order valence-electron chi connectivity index (χ2n) is 10.6. The van der Waals surface area contributed by atoms with Gasteiger partial charge in [-0.25, -0.2) is 4.79 Å². The maximum Gasteiger partial charge on any atom is 0.407 e. The van der Waals surface area contributed by atoms with Crippen molar-refractivity contribution in [1.82, 2.24) is 10.6 Å². The van der Waals surface area contributed by atoms with Crippen LogP contribution in [0.1, 0.15) is 72.1 Å². The van der Waals surface area contributed by atoms with Crippen molar-refractivity contribution in [2.75, 3.05) is 33.4 Å². The van der Waals surface area contributed by atoms with Crippen LogP contribution < -0.4 is 16.4 Å². The molecule has 9 heteroatoms. The molecule has 9 nitrogen and oxygen atoms in total. The van der Waals surface area contributed by atoms with Gasteiger partial charge in [0.1, 0.15) is 23.4 Å². The van der Waals surface area contributed by atoms with E-state index in [2.05, 4.69) is 37.5 Å². The molecule has 3 rings (SSSR count). The molecular weight excluding hydrogens is 450 g/mol. The van der Waals surface area contributed by atoms with Gasteiger partial charge in [-0.05, 0) is 59.4 Å². The van der Waals surface area contributed by atoms with E-state index in [4.69, 9.17) is 24.7 Å². The fourth-order valence-electron chi connectivity index (χ4n) is 5.47. The molecule has 4 N–H and O–H groups in total.